The maximum Gasteiger partial charge on any atom is 0.0730 e. The fraction of sp³-hybridized carbons (Fsp3) is 1.00. The summed E-state index contributed by atoms with van der Waals surface area (Å²) < 4.78 is 5.84. The normalized spacial score (nSPS) is 39.4. The second-order valence-corrected chi connectivity index (χ2v) is 6.16. The van der Waals surface area contributed by atoms with Gasteiger partial charge < -0.3 is 10.5 Å². The van der Waals surface area contributed by atoms with Crippen molar-refractivity contribution in [1.29, 1.82) is 0 Å². The van der Waals surface area contributed by atoms with Gasteiger partial charge in [-0.1, -0.05) is 0 Å². The van der Waals surface area contributed by atoms with Crippen LogP contribution in [-0.2, 0) is 4.74 Å². The van der Waals surface area contributed by atoms with Crippen molar-refractivity contribution < 1.29 is 4.74 Å². The van der Waals surface area contributed by atoms with E-state index in [1.807, 2.05) is 0 Å². The van der Waals surface area contributed by atoms with E-state index in [0.29, 0.717) is 12.1 Å². The lowest BCUT2D eigenvalue weighted by molar-refractivity contribution is -0.0622. The van der Waals surface area contributed by atoms with Crippen LogP contribution in [0.1, 0.15) is 39.0 Å². The molecule has 3 nitrogen and oxygen atoms in total. The molecule has 0 amide bonds. The fourth-order valence-corrected chi connectivity index (χ4v) is 3.51. The van der Waals surface area contributed by atoms with Crippen molar-refractivity contribution in [1.82, 2.24) is 4.90 Å². The third-order valence-electron chi connectivity index (χ3n) is 4.65. The highest BCUT2D eigenvalue weighted by atomic mass is 16.5. The molecular weight excluding hydrogens is 200 g/mol. The molecule has 2 N–H and O–H groups in total. The highest BCUT2D eigenvalue weighted by molar-refractivity contribution is 5.00. The number of ether oxygens (including phenoxy) is 1. The Morgan fingerprint density at radius 3 is 2.88 bits per heavy atom. The molecule has 92 valence electrons. The highest BCUT2D eigenvalue weighted by Gasteiger charge is 2.43. The molecule has 0 bridgehead atoms. The van der Waals surface area contributed by atoms with Gasteiger partial charge in [0.25, 0.3) is 0 Å². The Kier molecular flexibility index (Phi) is 2.73. The summed E-state index contributed by atoms with van der Waals surface area (Å²) in [5.41, 5.74) is 6.49. The Balaban J connectivity index is 1.64. The average molecular weight is 224 g/mol. The molecule has 3 heteroatoms. The zero-order valence-corrected chi connectivity index (χ0v) is 10.3. The van der Waals surface area contributed by atoms with Crippen LogP contribution in [-0.4, -0.2) is 42.3 Å². The maximum absolute atomic E-state index is 6.45. The first-order valence-electron chi connectivity index (χ1n) is 6.81. The number of morpholine rings is 1. The van der Waals surface area contributed by atoms with Crippen LogP contribution >= 0.6 is 0 Å². The average Bonchev–Trinajstić information content (AvgIpc) is 2.98. The predicted octanol–water partition coefficient (Wildman–Crippen LogP) is 1.37. The Hall–Kier alpha value is -0.120. The summed E-state index contributed by atoms with van der Waals surface area (Å²) in [5.74, 6) is 0.773. The molecule has 3 atom stereocenters. The molecule has 0 radical (unpaired) electrons. The van der Waals surface area contributed by atoms with Gasteiger partial charge in [-0.05, 0) is 44.9 Å². The third kappa shape index (κ3) is 2.01. The largest absolute Gasteiger partial charge is 0.375 e. The molecule has 2 aliphatic carbocycles. The molecule has 3 aliphatic rings. The van der Waals surface area contributed by atoms with Crippen molar-refractivity contribution in [2.45, 2.75) is 56.7 Å². The molecule has 1 heterocycles. The topological polar surface area (TPSA) is 38.5 Å². The maximum atomic E-state index is 6.45. The lowest BCUT2D eigenvalue weighted by atomic mass is 9.95. The van der Waals surface area contributed by atoms with Gasteiger partial charge in [0.2, 0.25) is 0 Å². The minimum atomic E-state index is 0.0322. The summed E-state index contributed by atoms with van der Waals surface area (Å²) in [5, 5.41) is 0. The molecule has 3 unspecified atom stereocenters. The molecule has 3 fully saturated rings. The minimum absolute atomic E-state index is 0.0322. The summed E-state index contributed by atoms with van der Waals surface area (Å²) in [4.78, 5) is 2.61. The van der Waals surface area contributed by atoms with E-state index in [-0.39, 0.29) is 5.54 Å². The fourth-order valence-electron chi connectivity index (χ4n) is 3.51. The number of fused-ring (bicyclic) bond motifs is 1. The predicted molar refractivity (Wildman–Crippen MR) is 64.3 cm³/mol. The molecule has 0 aromatic heterocycles. The van der Waals surface area contributed by atoms with Crippen LogP contribution in [0.15, 0.2) is 0 Å². The van der Waals surface area contributed by atoms with Gasteiger partial charge in [-0.3, -0.25) is 4.90 Å². The van der Waals surface area contributed by atoms with E-state index in [2.05, 4.69) is 11.8 Å². The van der Waals surface area contributed by atoms with Crippen LogP contribution in [0.2, 0.25) is 0 Å². The first-order valence-corrected chi connectivity index (χ1v) is 6.81. The van der Waals surface area contributed by atoms with Crippen LogP contribution in [0.5, 0.6) is 0 Å². The number of nitrogens with two attached hydrogens (primary N) is 1. The Bertz CT molecular complexity index is 263. The van der Waals surface area contributed by atoms with Gasteiger partial charge in [0.05, 0.1) is 12.7 Å². The van der Waals surface area contributed by atoms with Crippen LogP contribution < -0.4 is 5.73 Å². The number of hydrogen-bond donors (Lipinski definition) is 1. The summed E-state index contributed by atoms with van der Waals surface area (Å²) >= 11 is 0. The van der Waals surface area contributed by atoms with E-state index in [9.17, 15) is 0 Å². The van der Waals surface area contributed by atoms with Gasteiger partial charge in [0, 0.05) is 24.7 Å². The summed E-state index contributed by atoms with van der Waals surface area (Å²) in [6.45, 7) is 5.30. The Morgan fingerprint density at radius 2 is 2.12 bits per heavy atom. The van der Waals surface area contributed by atoms with Crippen LogP contribution in [0.25, 0.3) is 0 Å². The number of hydrogen-bond acceptors (Lipinski definition) is 3. The molecule has 16 heavy (non-hydrogen) atoms. The monoisotopic (exact) mass is 224 g/mol. The van der Waals surface area contributed by atoms with Crippen molar-refractivity contribution in [3.63, 3.8) is 0 Å². The highest BCUT2D eigenvalue weighted by Crippen LogP contribution is 2.39. The van der Waals surface area contributed by atoms with E-state index >= 15 is 0 Å². The zero-order valence-electron chi connectivity index (χ0n) is 10.3. The summed E-state index contributed by atoms with van der Waals surface area (Å²) in [6, 6.07) is 0.662. The van der Waals surface area contributed by atoms with Crippen LogP contribution in [0, 0.1) is 5.92 Å². The van der Waals surface area contributed by atoms with E-state index in [1.165, 1.54) is 32.1 Å². The van der Waals surface area contributed by atoms with Crippen LogP contribution in [0.4, 0.5) is 0 Å². The van der Waals surface area contributed by atoms with E-state index in [4.69, 9.17) is 10.5 Å². The van der Waals surface area contributed by atoms with Crippen LogP contribution in [0.3, 0.4) is 0 Å². The molecule has 3 rings (SSSR count). The molecule has 0 aromatic rings. The smallest absolute Gasteiger partial charge is 0.0730 e. The molecule has 0 aromatic carbocycles. The van der Waals surface area contributed by atoms with Gasteiger partial charge in [-0.2, -0.15) is 0 Å². The van der Waals surface area contributed by atoms with Gasteiger partial charge >= 0.3 is 0 Å². The zero-order chi connectivity index (χ0) is 11.2. The minimum Gasteiger partial charge on any atom is -0.375 e. The SMILES string of the molecule is CC(N)(CN1CCOC2CCCC21)C1CC1. The van der Waals surface area contributed by atoms with Gasteiger partial charge in [-0.15, -0.1) is 0 Å². The molecule has 2 saturated carbocycles. The Labute approximate surface area is 98.3 Å². The lowest BCUT2D eigenvalue weighted by Gasteiger charge is -2.42. The standard InChI is InChI=1S/C13H24N2O/c1-13(14,10-5-6-10)9-15-7-8-16-12-4-2-3-11(12)15/h10-12H,2-9,14H2,1H3. The van der Waals surface area contributed by atoms with Gasteiger partial charge in [0.1, 0.15) is 0 Å². The van der Waals surface area contributed by atoms with E-state index in [0.717, 1.165) is 25.6 Å². The van der Waals surface area contributed by atoms with E-state index < -0.39 is 0 Å². The lowest BCUT2D eigenvalue weighted by Crippen LogP contribution is -2.57. The van der Waals surface area contributed by atoms with Crippen molar-refractivity contribution in [2.75, 3.05) is 19.7 Å². The summed E-state index contributed by atoms with van der Waals surface area (Å²) in [7, 11) is 0. The second-order valence-electron chi connectivity index (χ2n) is 6.16. The van der Waals surface area contributed by atoms with Gasteiger partial charge in [-0.25, -0.2) is 0 Å². The molecular formula is C13H24N2O. The number of rotatable bonds is 3. The molecule has 0 spiro atoms. The Morgan fingerprint density at radius 1 is 1.31 bits per heavy atom. The van der Waals surface area contributed by atoms with Crippen molar-refractivity contribution in [3.8, 4) is 0 Å². The quantitative estimate of drug-likeness (QED) is 0.787. The number of nitrogens with zero attached hydrogens (tertiary/aromatic N) is 1. The second kappa shape index (κ2) is 3.97. The van der Waals surface area contributed by atoms with Crippen molar-refractivity contribution in [3.05, 3.63) is 0 Å². The molecule has 1 aliphatic heterocycles. The van der Waals surface area contributed by atoms with Crippen molar-refractivity contribution >= 4 is 0 Å². The third-order valence-corrected chi connectivity index (χ3v) is 4.65. The summed E-state index contributed by atoms with van der Waals surface area (Å²) in [6.07, 6.45) is 7.08. The van der Waals surface area contributed by atoms with Gasteiger partial charge in [0.15, 0.2) is 0 Å². The van der Waals surface area contributed by atoms with Crippen molar-refractivity contribution in [2.24, 2.45) is 11.7 Å². The first kappa shape index (κ1) is 11.0. The first-order chi connectivity index (χ1) is 7.67. The van der Waals surface area contributed by atoms with E-state index in [1.54, 1.807) is 0 Å². The molecule has 1 saturated heterocycles.